The van der Waals surface area contributed by atoms with Crippen LogP contribution >= 0.6 is 11.3 Å². The Balaban J connectivity index is 1.61. The van der Waals surface area contributed by atoms with Crippen molar-refractivity contribution >= 4 is 23.2 Å². The van der Waals surface area contributed by atoms with Crippen molar-refractivity contribution in [3.8, 4) is 0 Å². The summed E-state index contributed by atoms with van der Waals surface area (Å²) < 4.78 is 7.16. The van der Waals surface area contributed by atoms with Gasteiger partial charge in [-0.2, -0.15) is 0 Å². The van der Waals surface area contributed by atoms with Crippen LogP contribution in [-0.2, 0) is 20.9 Å². The molecule has 0 saturated carbocycles. The second kappa shape index (κ2) is 8.70. The fraction of sp³-hybridized carbons (Fsp3) is 0.636. The van der Waals surface area contributed by atoms with Gasteiger partial charge >= 0.3 is 0 Å². The molecule has 2 atom stereocenters. The van der Waals surface area contributed by atoms with Gasteiger partial charge in [-0.25, -0.2) is 9.97 Å². The van der Waals surface area contributed by atoms with Gasteiger partial charge in [0.05, 0.1) is 47.7 Å². The highest BCUT2D eigenvalue weighted by Crippen LogP contribution is 2.50. The fourth-order valence-electron chi connectivity index (χ4n) is 4.79. The zero-order valence-corrected chi connectivity index (χ0v) is 19.5. The SMILES string of the molecule is COCCC(=O)N1C[C@H](c2cn(C(C)C)cn2)[C@@]2(CCN(Cc3csc(C)n3)C2=O)C1. The molecule has 0 radical (unpaired) electrons. The van der Waals surface area contributed by atoms with E-state index in [0.29, 0.717) is 45.2 Å². The summed E-state index contributed by atoms with van der Waals surface area (Å²) in [5, 5.41) is 3.02. The van der Waals surface area contributed by atoms with Crippen LogP contribution in [0, 0.1) is 12.3 Å². The van der Waals surface area contributed by atoms with Crippen LogP contribution in [0.5, 0.6) is 0 Å². The number of nitrogens with zero attached hydrogens (tertiary/aromatic N) is 5. The van der Waals surface area contributed by atoms with Crippen LogP contribution < -0.4 is 0 Å². The zero-order valence-electron chi connectivity index (χ0n) is 18.7. The monoisotopic (exact) mass is 445 g/mol. The predicted octanol–water partition coefficient (Wildman–Crippen LogP) is 2.61. The quantitative estimate of drug-likeness (QED) is 0.654. The fourth-order valence-corrected chi connectivity index (χ4v) is 5.40. The van der Waals surface area contributed by atoms with Crippen LogP contribution in [0.4, 0.5) is 0 Å². The van der Waals surface area contributed by atoms with Crippen LogP contribution in [-0.4, -0.2) is 69.5 Å². The van der Waals surface area contributed by atoms with E-state index in [0.717, 1.165) is 22.8 Å². The van der Waals surface area contributed by atoms with E-state index in [4.69, 9.17) is 4.74 Å². The smallest absolute Gasteiger partial charge is 0.231 e. The minimum atomic E-state index is -0.621. The molecule has 9 heteroatoms. The molecule has 2 aliphatic heterocycles. The van der Waals surface area contributed by atoms with Gasteiger partial charge in [0, 0.05) is 50.3 Å². The summed E-state index contributed by atoms with van der Waals surface area (Å²) in [5.41, 5.74) is 1.21. The molecule has 4 heterocycles. The van der Waals surface area contributed by atoms with Crippen LogP contribution in [0.15, 0.2) is 17.9 Å². The highest BCUT2D eigenvalue weighted by atomic mass is 32.1. The van der Waals surface area contributed by atoms with Gasteiger partial charge in [0.15, 0.2) is 0 Å². The van der Waals surface area contributed by atoms with Crippen molar-refractivity contribution in [2.24, 2.45) is 5.41 Å². The molecule has 2 aromatic rings. The standard InChI is InChI=1S/C22H31N5O3S/c1-15(2)27-11-19(23-14-27)18-10-26(20(28)5-8-30-4)13-22(18)6-7-25(21(22)29)9-17-12-31-16(3)24-17/h11-12,14-15,18H,5-10,13H2,1-4H3/t18-,22-/m1/s1. The second-order valence-electron chi connectivity index (χ2n) is 8.90. The Labute approximate surface area is 187 Å². The minimum absolute atomic E-state index is 0.0355. The lowest BCUT2D eigenvalue weighted by molar-refractivity contribution is -0.137. The maximum absolute atomic E-state index is 13.8. The van der Waals surface area contributed by atoms with Gasteiger partial charge in [-0.1, -0.05) is 0 Å². The summed E-state index contributed by atoms with van der Waals surface area (Å²) >= 11 is 1.60. The number of methoxy groups -OCH3 is 1. The number of thiazole rings is 1. The number of imidazole rings is 1. The molecule has 1 spiro atoms. The van der Waals surface area contributed by atoms with E-state index in [1.54, 1.807) is 18.4 Å². The highest BCUT2D eigenvalue weighted by molar-refractivity contribution is 7.09. The van der Waals surface area contributed by atoms with Crippen molar-refractivity contribution in [2.75, 3.05) is 33.4 Å². The summed E-state index contributed by atoms with van der Waals surface area (Å²) in [4.78, 5) is 39.5. The van der Waals surface area contributed by atoms with E-state index in [1.807, 2.05) is 34.6 Å². The first-order chi connectivity index (χ1) is 14.8. The third-order valence-corrected chi connectivity index (χ3v) is 7.37. The van der Waals surface area contributed by atoms with Crippen LogP contribution in [0.1, 0.15) is 55.0 Å². The van der Waals surface area contributed by atoms with Gasteiger partial charge in [0.2, 0.25) is 11.8 Å². The third kappa shape index (κ3) is 4.13. The lowest BCUT2D eigenvalue weighted by Gasteiger charge is -2.27. The molecule has 168 valence electrons. The summed E-state index contributed by atoms with van der Waals surface area (Å²) in [6, 6.07) is 0.293. The van der Waals surface area contributed by atoms with E-state index in [1.165, 1.54) is 0 Å². The van der Waals surface area contributed by atoms with Gasteiger partial charge < -0.3 is 19.1 Å². The van der Waals surface area contributed by atoms with Crippen LogP contribution in [0.25, 0.3) is 0 Å². The van der Waals surface area contributed by atoms with E-state index >= 15 is 0 Å². The topological polar surface area (TPSA) is 80.6 Å². The number of likely N-dealkylation sites (tertiary alicyclic amines) is 2. The van der Waals surface area contributed by atoms with Crippen molar-refractivity contribution in [3.63, 3.8) is 0 Å². The number of carbonyl (C=O) groups is 2. The van der Waals surface area contributed by atoms with Crippen LogP contribution in [0.2, 0.25) is 0 Å². The second-order valence-corrected chi connectivity index (χ2v) is 9.96. The molecule has 2 aromatic heterocycles. The molecule has 0 aromatic carbocycles. The number of carbonyl (C=O) groups excluding carboxylic acids is 2. The average Bonchev–Trinajstić information content (AvgIpc) is 3.51. The molecule has 2 fully saturated rings. The lowest BCUT2D eigenvalue weighted by atomic mass is 9.75. The van der Waals surface area contributed by atoms with Crippen molar-refractivity contribution in [2.45, 2.75) is 52.1 Å². The Morgan fingerprint density at radius 2 is 2.23 bits per heavy atom. The van der Waals surface area contributed by atoms with Gasteiger partial charge in [-0.05, 0) is 27.2 Å². The van der Waals surface area contributed by atoms with Gasteiger partial charge in [-0.3, -0.25) is 9.59 Å². The first-order valence-corrected chi connectivity index (χ1v) is 11.7. The van der Waals surface area contributed by atoms with Gasteiger partial charge in [-0.15, -0.1) is 11.3 Å². The normalized spacial score (nSPS) is 23.6. The Morgan fingerprint density at radius 3 is 2.87 bits per heavy atom. The molecule has 0 N–H and O–H groups in total. The first-order valence-electron chi connectivity index (χ1n) is 10.8. The van der Waals surface area contributed by atoms with Gasteiger partial charge in [0.25, 0.3) is 0 Å². The Hall–Kier alpha value is -2.26. The molecule has 31 heavy (non-hydrogen) atoms. The number of hydrogen-bond donors (Lipinski definition) is 0. The summed E-state index contributed by atoms with van der Waals surface area (Å²) in [6.45, 7) is 8.74. The molecule has 2 saturated heterocycles. The molecular formula is C22H31N5O3S. The number of hydrogen-bond acceptors (Lipinski definition) is 6. The summed E-state index contributed by atoms with van der Waals surface area (Å²) in [6.07, 6.45) is 4.93. The maximum Gasteiger partial charge on any atom is 0.231 e. The summed E-state index contributed by atoms with van der Waals surface area (Å²) in [7, 11) is 1.60. The number of amides is 2. The zero-order chi connectivity index (χ0) is 22.2. The summed E-state index contributed by atoms with van der Waals surface area (Å²) in [5.74, 6) is 0.0475. The predicted molar refractivity (Wildman–Crippen MR) is 118 cm³/mol. The molecule has 8 nitrogen and oxygen atoms in total. The Kier molecular flexibility index (Phi) is 6.16. The van der Waals surface area contributed by atoms with E-state index in [9.17, 15) is 9.59 Å². The number of aryl methyl sites for hydroxylation is 1. The molecule has 4 rings (SSSR count). The first kappa shape index (κ1) is 22.0. The van der Waals surface area contributed by atoms with Crippen LogP contribution in [0.3, 0.4) is 0 Å². The molecule has 0 aliphatic carbocycles. The number of ether oxygens (including phenoxy) is 1. The molecule has 2 aliphatic rings. The lowest BCUT2D eigenvalue weighted by Crippen LogP contribution is -2.40. The van der Waals surface area contributed by atoms with Gasteiger partial charge in [0.1, 0.15) is 0 Å². The molecule has 0 unspecified atom stereocenters. The van der Waals surface area contributed by atoms with Crippen molar-refractivity contribution in [3.05, 3.63) is 34.3 Å². The van der Waals surface area contributed by atoms with E-state index < -0.39 is 5.41 Å². The van der Waals surface area contributed by atoms with Crippen molar-refractivity contribution in [1.29, 1.82) is 0 Å². The number of aromatic nitrogens is 3. The molecular weight excluding hydrogens is 414 g/mol. The largest absolute Gasteiger partial charge is 0.384 e. The molecule has 0 bridgehead atoms. The van der Waals surface area contributed by atoms with E-state index in [-0.39, 0.29) is 17.7 Å². The maximum atomic E-state index is 13.8. The third-order valence-electron chi connectivity index (χ3n) is 6.55. The Bertz CT molecular complexity index is 955. The van der Waals surface area contributed by atoms with Crippen molar-refractivity contribution in [1.82, 2.24) is 24.3 Å². The Morgan fingerprint density at radius 1 is 1.42 bits per heavy atom. The van der Waals surface area contributed by atoms with Crippen molar-refractivity contribution < 1.29 is 14.3 Å². The average molecular weight is 446 g/mol. The molecule has 2 amide bonds. The minimum Gasteiger partial charge on any atom is -0.384 e. The van der Waals surface area contributed by atoms with E-state index in [2.05, 4.69) is 28.4 Å². The number of rotatable bonds is 7. The highest BCUT2D eigenvalue weighted by Gasteiger charge is 2.58.